The van der Waals surface area contributed by atoms with Gasteiger partial charge in [-0.25, -0.2) is 0 Å². The van der Waals surface area contributed by atoms with E-state index in [2.05, 4.69) is 42.2 Å². The highest BCUT2D eigenvalue weighted by Gasteiger charge is 2.67. The molecule has 3 saturated carbocycles. The lowest BCUT2D eigenvalue weighted by atomic mass is 9.51. The number of ketones is 2. The molecule has 3 fully saturated rings. The summed E-state index contributed by atoms with van der Waals surface area (Å²) in [7, 11) is 4.05. The first-order chi connectivity index (χ1) is 18.1. The molecule has 0 radical (unpaired) electrons. The largest absolute Gasteiger partial charge is 0.451 e. The first kappa shape index (κ1) is 26.7. The molecule has 3 unspecified atom stereocenters. The van der Waals surface area contributed by atoms with Gasteiger partial charge in [0.1, 0.15) is 11.2 Å². The number of esters is 1. The van der Waals surface area contributed by atoms with Crippen molar-refractivity contribution in [1.82, 2.24) is 0 Å². The standard InChI is InChI=1S/C31H36N2O4S/c1-19(34)37-31(28(36)17-38-18-32)14-13-27-25-11-7-21-15-23(35)10-12-24(21)29(25)26(16-30(27,31)2)20-5-8-22(9-6-20)33(3)4/h5-9,25-27H,10-17H2,1-4H3/t25?,26?,27?,30-,31-/m0/s1. The van der Waals surface area contributed by atoms with Crippen molar-refractivity contribution in [2.24, 2.45) is 17.3 Å². The van der Waals surface area contributed by atoms with E-state index in [1.54, 1.807) is 0 Å². The maximum atomic E-state index is 13.8. The maximum absolute atomic E-state index is 13.8. The van der Waals surface area contributed by atoms with Gasteiger partial charge in [0.25, 0.3) is 0 Å². The van der Waals surface area contributed by atoms with E-state index < -0.39 is 17.0 Å². The lowest BCUT2D eigenvalue weighted by molar-refractivity contribution is -0.182. The highest BCUT2D eigenvalue weighted by Crippen LogP contribution is 2.67. The van der Waals surface area contributed by atoms with Crippen LogP contribution in [0.4, 0.5) is 5.69 Å². The van der Waals surface area contributed by atoms with Crippen LogP contribution in [0.2, 0.25) is 0 Å². The molecule has 0 heterocycles. The Morgan fingerprint density at radius 3 is 2.61 bits per heavy atom. The monoisotopic (exact) mass is 532 g/mol. The Morgan fingerprint density at radius 1 is 1.21 bits per heavy atom. The van der Waals surface area contributed by atoms with Crippen molar-refractivity contribution in [3.05, 3.63) is 52.6 Å². The molecule has 5 atom stereocenters. The minimum atomic E-state index is -1.24. The lowest BCUT2D eigenvalue weighted by Gasteiger charge is -2.54. The van der Waals surface area contributed by atoms with E-state index in [1.807, 2.05) is 19.5 Å². The lowest BCUT2D eigenvalue weighted by Crippen LogP contribution is -2.58. The summed E-state index contributed by atoms with van der Waals surface area (Å²) in [6.45, 7) is 3.53. The number of thioether (sulfide) groups is 1. The molecule has 0 amide bonds. The fourth-order valence-corrected chi connectivity index (χ4v) is 8.46. The van der Waals surface area contributed by atoms with Gasteiger partial charge in [-0.3, -0.25) is 14.4 Å². The number of benzene rings is 1. The Hall–Kier alpha value is -2.85. The zero-order valence-corrected chi connectivity index (χ0v) is 23.5. The van der Waals surface area contributed by atoms with Crippen LogP contribution in [0.15, 0.2) is 47.1 Å². The smallest absolute Gasteiger partial charge is 0.303 e. The van der Waals surface area contributed by atoms with Gasteiger partial charge in [0.15, 0.2) is 11.4 Å². The van der Waals surface area contributed by atoms with Crippen molar-refractivity contribution < 1.29 is 19.1 Å². The summed E-state index contributed by atoms with van der Waals surface area (Å²) >= 11 is 0.915. The number of fused-ring (bicyclic) bond motifs is 4. The summed E-state index contributed by atoms with van der Waals surface area (Å²) < 4.78 is 6.07. The van der Waals surface area contributed by atoms with Gasteiger partial charge >= 0.3 is 5.97 Å². The molecule has 1 aromatic rings. The van der Waals surface area contributed by atoms with Gasteiger partial charge in [0.2, 0.25) is 0 Å². The number of Topliss-reactive ketones (excluding diaryl/α,β-unsaturated/α-hetero) is 2. The molecular formula is C31H36N2O4S. The Balaban J connectivity index is 1.65. The predicted octanol–water partition coefficient (Wildman–Crippen LogP) is 5.74. The Bertz CT molecular complexity index is 1270. The molecule has 5 rings (SSSR count). The molecule has 0 N–H and O–H groups in total. The zero-order chi connectivity index (χ0) is 27.2. The quantitative estimate of drug-likeness (QED) is 0.341. The molecule has 38 heavy (non-hydrogen) atoms. The van der Waals surface area contributed by atoms with Crippen LogP contribution in [0, 0.1) is 27.9 Å². The summed E-state index contributed by atoms with van der Waals surface area (Å²) in [6, 6.07) is 8.65. The average Bonchev–Trinajstić information content (AvgIpc) is 3.18. The summed E-state index contributed by atoms with van der Waals surface area (Å²) in [6.07, 6.45) is 6.94. The fraction of sp³-hybridized carbons (Fsp3) is 0.548. The average molecular weight is 533 g/mol. The van der Waals surface area contributed by atoms with Crippen LogP contribution in [0.25, 0.3) is 0 Å². The summed E-state index contributed by atoms with van der Waals surface area (Å²) in [4.78, 5) is 40.7. The van der Waals surface area contributed by atoms with E-state index in [-0.39, 0.29) is 29.3 Å². The second-order valence-corrected chi connectivity index (χ2v) is 12.5. The molecular weight excluding hydrogens is 496 g/mol. The number of thiocyanates is 1. The van der Waals surface area contributed by atoms with Gasteiger partial charge in [0.05, 0.1) is 5.75 Å². The van der Waals surface area contributed by atoms with Crippen molar-refractivity contribution >= 4 is 35.0 Å². The van der Waals surface area contributed by atoms with E-state index >= 15 is 0 Å². The number of hydrogen-bond acceptors (Lipinski definition) is 7. The van der Waals surface area contributed by atoms with Crippen molar-refractivity contribution in [3.8, 4) is 5.40 Å². The second kappa shape index (κ2) is 10.0. The fourth-order valence-electron chi connectivity index (χ4n) is 8.03. The molecule has 0 aromatic heterocycles. The number of nitrogens with zero attached hydrogens (tertiary/aromatic N) is 2. The highest BCUT2D eigenvalue weighted by atomic mass is 32.2. The van der Waals surface area contributed by atoms with Crippen LogP contribution in [0.1, 0.15) is 70.3 Å². The number of ether oxygens (including phenoxy) is 1. The topological polar surface area (TPSA) is 87.5 Å². The molecule has 6 nitrogen and oxygen atoms in total. The van der Waals surface area contributed by atoms with Crippen LogP contribution < -0.4 is 4.90 Å². The molecule has 0 bridgehead atoms. The molecule has 7 heteroatoms. The number of rotatable bonds is 6. The number of carbonyl (C=O) groups excluding carboxylic acids is 3. The Morgan fingerprint density at radius 2 is 1.95 bits per heavy atom. The number of anilines is 1. The van der Waals surface area contributed by atoms with E-state index in [0.29, 0.717) is 31.5 Å². The van der Waals surface area contributed by atoms with Gasteiger partial charge in [-0.05, 0) is 84.5 Å². The predicted molar refractivity (Wildman–Crippen MR) is 149 cm³/mol. The molecule has 1 aromatic carbocycles. The third-order valence-corrected chi connectivity index (χ3v) is 10.2. The number of carbonyl (C=O) groups is 3. The Labute approximate surface area is 229 Å². The molecule has 0 saturated heterocycles. The van der Waals surface area contributed by atoms with Gasteiger partial charge in [0, 0.05) is 50.9 Å². The second-order valence-electron chi connectivity index (χ2n) is 11.8. The Kier molecular flexibility index (Phi) is 7.06. The first-order valence-corrected chi connectivity index (χ1v) is 14.5. The third-order valence-electron chi connectivity index (χ3n) is 9.68. The van der Waals surface area contributed by atoms with Crippen LogP contribution in [0.3, 0.4) is 0 Å². The summed E-state index contributed by atoms with van der Waals surface area (Å²) in [5.41, 5.74) is 4.49. The van der Waals surface area contributed by atoms with E-state index in [9.17, 15) is 14.4 Å². The molecule has 4 aliphatic rings. The van der Waals surface area contributed by atoms with E-state index in [1.165, 1.54) is 29.2 Å². The van der Waals surface area contributed by atoms with Crippen molar-refractivity contribution in [2.75, 3.05) is 24.7 Å². The SMILES string of the molecule is CC(=O)O[C@]1(C(=O)CSC#N)CCC2C3CC=C4CC(=O)CCC4=C3C(c3ccc(N(C)C)cc3)C[C@@]21C. The van der Waals surface area contributed by atoms with Crippen LogP contribution in [-0.2, 0) is 19.1 Å². The number of allylic oxidation sites excluding steroid dienone is 4. The van der Waals surface area contributed by atoms with Crippen molar-refractivity contribution in [2.45, 2.75) is 70.3 Å². The third kappa shape index (κ3) is 4.22. The zero-order valence-electron chi connectivity index (χ0n) is 22.7. The minimum absolute atomic E-state index is 0.0130. The summed E-state index contributed by atoms with van der Waals surface area (Å²) in [5.74, 6) is 0.183. The van der Waals surface area contributed by atoms with Crippen LogP contribution in [-0.4, -0.2) is 43.0 Å². The van der Waals surface area contributed by atoms with Gasteiger partial charge < -0.3 is 9.64 Å². The molecule has 0 spiro atoms. The van der Waals surface area contributed by atoms with E-state index in [4.69, 9.17) is 10.00 Å². The maximum Gasteiger partial charge on any atom is 0.303 e. The van der Waals surface area contributed by atoms with Crippen molar-refractivity contribution in [1.29, 1.82) is 5.26 Å². The normalized spacial score (nSPS) is 31.9. The highest BCUT2D eigenvalue weighted by molar-refractivity contribution is 8.04. The molecule has 0 aliphatic heterocycles. The number of nitriles is 1. The number of hydrogen-bond donors (Lipinski definition) is 0. The minimum Gasteiger partial charge on any atom is -0.451 e. The van der Waals surface area contributed by atoms with Gasteiger partial charge in [-0.15, -0.1) is 0 Å². The molecule has 200 valence electrons. The van der Waals surface area contributed by atoms with Gasteiger partial charge in [-0.1, -0.05) is 30.7 Å². The van der Waals surface area contributed by atoms with Crippen LogP contribution >= 0.6 is 11.8 Å². The van der Waals surface area contributed by atoms with Crippen molar-refractivity contribution in [3.63, 3.8) is 0 Å². The summed E-state index contributed by atoms with van der Waals surface area (Å²) in [5, 5.41) is 11.2. The van der Waals surface area contributed by atoms with Crippen LogP contribution in [0.5, 0.6) is 0 Å². The van der Waals surface area contributed by atoms with Gasteiger partial charge in [-0.2, -0.15) is 5.26 Å². The first-order valence-electron chi connectivity index (χ1n) is 13.6. The molecule has 4 aliphatic carbocycles. The van der Waals surface area contributed by atoms with E-state index in [0.717, 1.165) is 36.7 Å².